The first-order valence-corrected chi connectivity index (χ1v) is 10.1. The second-order valence-corrected chi connectivity index (χ2v) is 7.72. The number of rotatable bonds is 5. The lowest BCUT2D eigenvalue weighted by Crippen LogP contribution is -2.35. The minimum absolute atomic E-state index is 0.00836. The van der Waals surface area contributed by atoms with Gasteiger partial charge in [-0.25, -0.2) is 14.2 Å². The van der Waals surface area contributed by atoms with Gasteiger partial charge in [-0.05, 0) is 31.0 Å². The second kappa shape index (κ2) is 8.47. The number of cyclic esters (lactones) is 1. The van der Waals surface area contributed by atoms with E-state index in [1.807, 2.05) is 4.90 Å². The van der Waals surface area contributed by atoms with Crippen molar-refractivity contribution in [3.63, 3.8) is 0 Å². The summed E-state index contributed by atoms with van der Waals surface area (Å²) in [6.07, 6.45) is 0.753. The van der Waals surface area contributed by atoms with E-state index in [9.17, 15) is 18.8 Å². The maximum absolute atomic E-state index is 14.9. The summed E-state index contributed by atoms with van der Waals surface area (Å²) < 4.78 is 20.1. The fourth-order valence-electron chi connectivity index (χ4n) is 3.61. The fourth-order valence-corrected chi connectivity index (χ4v) is 3.61. The van der Waals surface area contributed by atoms with Gasteiger partial charge in [-0.15, -0.1) is 0 Å². The Labute approximate surface area is 173 Å². The van der Waals surface area contributed by atoms with Gasteiger partial charge in [-0.2, -0.15) is 0 Å². The molecule has 10 heteroatoms. The smallest absolute Gasteiger partial charge is 0.414 e. The van der Waals surface area contributed by atoms with Crippen molar-refractivity contribution in [1.29, 1.82) is 0 Å². The molecule has 4 rings (SSSR count). The van der Waals surface area contributed by atoms with Crippen LogP contribution in [0.2, 0.25) is 0 Å². The molecule has 9 nitrogen and oxygen atoms in total. The quantitative estimate of drug-likeness (QED) is 0.772. The van der Waals surface area contributed by atoms with Crippen molar-refractivity contribution < 1.29 is 28.3 Å². The summed E-state index contributed by atoms with van der Waals surface area (Å²) in [5.74, 6) is -0.595. The molecule has 2 heterocycles. The Hall–Kier alpha value is -2.88. The monoisotopic (exact) mass is 420 g/mol. The van der Waals surface area contributed by atoms with E-state index < -0.39 is 18.0 Å². The molecule has 0 spiro atoms. The van der Waals surface area contributed by atoms with Crippen LogP contribution in [0, 0.1) is 11.7 Å². The van der Waals surface area contributed by atoms with Gasteiger partial charge in [0.1, 0.15) is 11.9 Å². The van der Waals surface area contributed by atoms with E-state index in [0.717, 1.165) is 12.8 Å². The minimum Gasteiger partial charge on any atom is -0.442 e. The van der Waals surface area contributed by atoms with Gasteiger partial charge in [0.2, 0.25) is 11.8 Å². The van der Waals surface area contributed by atoms with Crippen LogP contribution >= 0.6 is 0 Å². The molecule has 1 atom stereocenters. The predicted octanol–water partition coefficient (Wildman–Crippen LogP) is 1.28. The highest BCUT2D eigenvalue weighted by Gasteiger charge is 2.35. The van der Waals surface area contributed by atoms with Crippen molar-refractivity contribution >= 4 is 29.3 Å². The van der Waals surface area contributed by atoms with Gasteiger partial charge in [-0.3, -0.25) is 19.3 Å². The van der Waals surface area contributed by atoms with Crippen molar-refractivity contribution in [1.82, 2.24) is 10.4 Å². The second-order valence-electron chi connectivity index (χ2n) is 7.72. The van der Waals surface area contributed by atoms with E-state index in [0.29, 0.717) is 37.6 Å². The minimum atomic E-state index is -0.574. The highest BCUT2D eigenvalue weighted by molar-refractivity contribution is 5.90. The number of halogens is 1. The maximum atomic E-state index is 14.9. The first-order chi connectivity index (χ1) is 14.4. The lowest BCUT2D eigenvalue weighted by atomic mass is 10.2. The van der Waals surface area contributed by atoms with Crippen LogP contribution in [0.3, 0.4) is 0 Å². The standard InChI is InChI=1S/C20H25FN4O5/c1-13(26)22-11-16-12-24(20(28)30-16)15-4-5-18(17(21)10-15)23-6-7-25(29-9-8-23)19(27)14-2-3-14/h4-5,10,14,16H,2-3,6-9,11-12H2,1H3,(H,22,26)/t16-/m0/s1. The topological polar surface area (TPSA) is 91.4 Å². The average Bonchev–Trinajstić information content (AvgIpc) is 3.52. The van der Waals surface area contributed by atoms with Gasteiger partial charge in [0.15, 0.2) is 0 Å². The molecule has 1 aromatic carbocycles. The first kappa shape index (κ1) is 20.4. The normalized spacial score (nSPS) is 22.0. The lowest BCUT2D eigenvalue weighted by molar-refractivity contribution is -0.183. The van der Waals surface area contributed by atoms with Gasteiger partial charge >= 0.3 is 6.09 Å². The van der Waals surface area contributed by atoms with Gasteiger partial charge in [-0.1, -0.05) is 0 Å². The molecule has 2 aliphatic heterocycles. The molecular weight excluding hydrogens is 395 g/mol. The summed E-state index contributed by atoms with van der Waals surface area (Å²) >= 11 is 0. The van der Waals surface area contributed by atoms with E-state index in [4.69, 9.17) is 9.57 Å². The molecule has 1 aromatic rings. The molecule has 1 saturated carbocycles. The van der Waals surface area contributed by atoms with Crippen molar-refractivity contribution in [2.75, 3.05) is 49.1 Å². The largest absolute Gasteiger partial charge is 0.442 e. The molecular formula is C20H25FN4O5. The van der Waals surface area contributed by atoms with Crippen LogP contribution in [-0.4, -0.2) is 68.4 Å². The van der Waals surface area contributed by atoms with Crippen LogP contribution in [0.25, 0.3) is 0 Å². The van der Waals surface area contributed by atoms with Crippen LogP contribution in [0.4, 0.5) is 20.6 Å². The summed E-state index contributed by atoms with van der Waals surface area (Å²) in [5, 5.41) is 4.01. The predicted molar refractivity (Wildman–Crippen MR) is 105 cm³/mol. The van der Waals surface area contributed by atoms with Gasteiger partial charge in [0, 0.05) is 25.9 Å². The molecule has 3 fully saturated rings. The summed E-state index contributed by atoms with van der Waals surface area (Å²) in [7, 11) is 0. The Morgan fingerprint density at radius 2 is 2.03 bits per heavy atom. The van der Waals surface area contributed by atoms with Crippen molar-refractivity contribution in [2.24, 2.45) is 5.92 Å². The van der Waals surface area contributed by atoms with Gasteiger partial charge in [0.05, 0.1) is 37.6 Å². The average molecular weight is 420 g/mol. The number of anilines is 2. The molecule has 30 heavy (non-hydrogen) atoms. The zero-order chi connectivity index (χ0) is 21.3. The van der Waals surface area contributed by atoms with Crippen LogP contribution in [0.15, 0.2) is 18.2 Å². The molecule has 1 aliphatic carbocycles. The third kappa shape index (κ3) is 4.48. The number of hydrogen-bond donors (Lipinski definition) is 1. The van der Waals surface area contributed by atoms with Crippen molar-refractivity contribution in [2.45, 2.75) is 25.9 Å². The molecule has 1 N–H and O–H groups in total. The van der Waals surface area contributed by atoms with Crippen LogP contribution < -0.4 is 15.1 Å². The van der Waals surface area contributed by atoms with Crippen LogP contribution in [0.1, 0.15) is 19.8 Å². The summed E-state index contributed by atoms with van der Waals surface area (Å²) in [5.41, 5.74) is 0.786. The molecule has 0 bridgehead atoms. The Morgan fingerprint density at radius 3 is 2.73 bits per heavy atom. The molecule has 162 valence electrons. The van der Waals surface area contributed by atoms with E-state index >= 15 is 0 Å². The number of benzene rings is 1. The zero-order valence-electron chi connectivity index (χ0n) is 16.8. The van der Waals surface area contributed by atoms with E-state index in [1.165, 1.54) is 23.0 Å². The number of ether oxygens (including phenoxy) is 1. The van der Waals surface area contributed by atoms with E-state index in [1.54, 1.807) is 12.1 Å². The number of amides is 3. The van der Waals surface area contributed by atoms with Crippen LogP contribution in [0.5, 0.6) is 0 Å². The van der Waals surface area contributed by atoms with E-state index in [2.05, 4.69) is 5.32 Å². The summed E-state index contributed by atoms with van der Waals surface area (Å²) in [6, 6.07) is 4.59. The highest BCUT2D eigenvalue weighted by Crippen LogP contribution is 2.32. The Bertz CT molecular complexity index is 846. The van der Waals surface area contributed by atoms with Crippen LogP contribution in [-0.2, 0) is 19.2 Å². The van der Waals surface area contributed by atoms with Crippen molar-refractivity contribution in [3.05, 3.63) is 24.0 Å². The Kier molecular flexibility index (Phi) is 5.76. The number of carbonyl (C=O) groups excluding carboxylic acids is 3. The number of carbonyl (C=O) groups is 3. The van der Waals surface area contributed by atoms with E-state index in [-0.39, 0.29) is 30.8 Å². The first-order valence-electron chi connectivity index (χ1n) is 10.1. The molecule has 0 radical (unpaired) electrons. The SMILES string of the molecule is CC(=O)NC[C@H]1CN(c2ccc(N3CCON(C(=O)C4CC4)CC3)c(F)c2)C(=O)O1. The highest BCUT2D eigenvalue weighted by atomic mass is 19.1. The number of hydroxylamine groups is 2. The van der Waals surface area contributed by atoms with Gasteiger partial charge < -0.3 is 15.0 Å². The zero-order valence-corrected chi connectivity index (χ0v) is 16.8. The third-order valence-corrected chi connectivity index (χ3v) is 5.39. The Balaban J connectivity index is 1.40. The molecule has 3 aliphatic rings. The summed E-state index contributed by atoms with van der Waals surface area (Å²) in [4.78, 5) is 44.1. The van der Waals surface area contributed by atoms with Gasteiger partial charge in [0.25, 0.3) is 0 Å². The molecule has 0 unspecified atom stereocenters. The third-order valence-electron chi connectivity index (χ3n) is 5.39. The lowest BCUT2D eigenvalue weighted by Gasteiger charge is -2.24. The van der Waals surface area contributed by atoms with Crippen molar-refractivity contribution in [3.8, 4) is 0 Å². The molecule has 3 amide bonds. The Morgan fingerprint density at radius 1 is 1.23 bits per heavy atom. The number of nitrogens with one attached hydrogen (secondary N) is 1. The number of hydrogen-bond acceptors (Lipinski definition) is 6. The summed E-state index contributed by atoms with van der Waals surface area (Å²) in [6.45, 7) is 3.41. The fraction of sp³-hybridized carbons (Fsp3) is 0.550. The number of nitrogens with zero attached hydrogens (tertiary/aromatic N) is 3. The maximum Gasteiger partial charge on any atom is 0.414 e. The molecule has 2 saturated heterocycles. The molecule has 0 aromatic heterocycles.